The molecule has 0 spiro atoms. The minimum absolute atomic E-state index is 0.210. The predicted octanol–water partition coefficient (Wildman–Crippen LogP) is 5.52. The number of carbonyl (C=O) groups excluding carboxylic acids is 1. The molecule has 2 aromatic heterocycles. The lowest BCUT2D eigenvalue weighted by Crippen LogP contribution is -2.14. The number of alkyl halides is 2. The summed E-state index contributed by atoms with van der Waals surface area (Å²) in [7, 11) is 0. The third-order valence-corrected chi connectivity index (χ3v) is 5.59. The number of fused-ring (bicyclic) bond motifs is 1. The highest BCUT2D eigenvalue weighted by molar-refractivity contribution is 7.99. The van der Waals surface area contributed by atoms with E-state index in [1.54, 1.807) is 24.3 Å². The molecule has 0 radical (unpaired) electrons. The van der Waals surface area contributed by atoms with Crippen LogP contribution >= 0.6 is 11.8 Å². The molecule has 1 aromatic carbocycles. The van der Waals surface area contributed by atoms with E-state index >= 15 is 0 Å². The molecule has 5 nitrogen and oxygen atoms in total. The van der Waals surface area contributed by atoms with Crippen molar-refractivity contribution in [2.75, 3.05) is 5.32 Å². The second kappa shape index (κ2) is 8.90. The van der Waals surface area contributed by atoms with Crippen LogP contribution in [0, 0.1) is 13.8 Å². The fraction of sp³-hybridized carbons (Fsp3) is 0.381. The standard InChI is InChI=1S/C21H24F2N4OS/c1-12(2)27-20-16(11-24-27)13(3)15(14(4)25-20)9-10-19(28)26-17-7-5-6-8-18(17)29-21(22)23/h5-8,11-12,21H,9-10H2,1-4H3,(H,26,28). The van der Waals surface area contributed by atoms with E-state index in [9.17, 15) is 13.6 Å². The summed E-state index contributed by atoms with van der Waals surface area (Å²) >= 11 is 0.425. The molecule has 0 saturated heterocycles. The Morgan fingerprint density at radius 3 is 2.66 bits per heavy atom. The van der Waals surface area contributed by atoms with Gasteiger partial charge in [0.25, 0.3) is 5.76 Å². The largest absolute Gasteiger partial charge is 0.325 e. The zero-order valence-corrected chi connectivity index (χ0v) is 17.7. The summed E-state index contributed by atoms with van der Waals surface area (Å²) in [6.45, 7) is 8.07. The lowest BCUT2D eigenvalue weighted by Gasteiger charge is -2.13. The van der Waals surface area contributed by atoms with Crippen molar-refractivity contribution < 1.29 is 13.6 Å². The number of nitrogens with zero attached hydrogens (tertiary/aromatic N) is 3. The van der Waals surface area contributed by atoms with Crippen LogP contribution in [-0.2, 0) is 11.2 Å². The molecule has 0 atom stereocenters. The normalized spacial score (nSPS) is 11.6. The van der Waals surface area contributed by atoms with E-state index in [1.807, 2.05) is 24.7 Å². The van der Waals surface area contributed by atoms with Crippen molar-refractivity contribution >= 4 is 34.4 Å². The number of pyridine rings is 1. The van der Waals surface area contributed by atoms with Gasteiger partial charge in [0, 0.05) is 28.4 Å². The number of anilines is 1. The first-order valence-corrected chi connectivity index (χ1v) is 10.3. The summed E-state index contributed by atoms with van der Waals surface area (Å²) < 4.78 is 27.3. The van der Waals surface area contributed by atoms with E-state index in [4.69, 9.17) is 4.98 Å². The predicted molar refractivity (Wildman–Crippen MR) is 113 cm³/mol. The maximum Gasteiger partial charge on any atom is 0.288 e. The number of rotatable bonds is 7. The molecule has 1 amide bonds. The Morgan fingerprint density at radius 1 is 1.24 bits per heavy atom. The highest BCUT2D eigenvalue weighted by Crippen LogP contribution is 2.32. The van der Waals surface area contributed by atoms with Crippen molar-refractivity contribution in [3.63, 3.8) is 0 Å². The van der Waals surface area contributed by atoms with Crippen molar-refractivity contribution in [1.29, 1.82) is 0 Å². The van der Waals surface area contributed by atoms with Crippen molar-refractivity contribution in [2.45, 2.75) is 57.2 Å². The second-order valence-corrected chi connectivity index (χ2v) is 8.18. The van der Waals surface area contributed by atoms with Crippen molar-refractivity contribution in [2.24, 2.45) is 0 Å². The molecule has 0 saturated carbocycles. The fourth-order valence-corrected chi connectivity index (χ4v) is 3.95. The number of para-hydroxylation sites is 1. The van der Waals surface area contributed by atoms with Crippen molar-refractivity contribution in [3.05, 3.63) is 47.3 Å². The van der Waals surface area contributed by atoms with Gasteiger partial charge in [-0.3, -0.25) is 4.79 Å². The molecular formula is C21H24F2N4OS. The van der Waals surface area contributed by atoms with Crippen LogP contribution in [0.25, 0.3) is 11.0 Å². The molecule has 1 N–H and O–H groups in total. The Balaban J connectivity index is 1.75. The van der Waals surface area contributed by atoms with Gasteiger partial charge in [-0.2, -0.15) is 13.9 Å². The Kier molecular flexibility index (Phi) is 6.52. The summed E-state index contributed by atoms with van der Waals surface area (Å²) in [4.78, 5) is 17.5. The van der Waals surface area contributed by atoms with Gasteiger partial charge in [0.15, 0.2) is 5.65 Å². The monoisotopic (exact) mass is 418 g/mol. The third-order valence-electron chi connectivity index (χ3n) is 4.80. The van der Waals surface area contributed by atoms with E-state index in [-0.39, 0.29) is 18.4 Å². The van der Waals surface area contributed by atoms with Gasteiger partial charge in [-0.25, -0.2) is 9.67 Å². The minimum atomic E-state index is -2.54. The number of hydrogen-bond acceptors (Lipinski definition) is 4. The molecule has 3 aromatic rings. The number of hydrogen-bond donors (Lipinski definition) is 1. The molecule has 2 heterocycles. The Morgan fingerprint density at radius 2 is 1.97 bits per heavy atom. The summed E-state index contributed by atoms with van der Waals surface area (Å²) in [5.41, 5.74) is 4.22. The Labute approximate surface area is 172 Å². The van der Waals surface area contributed by atoms with Gasteiger partial charge in [-0.05, 0) is 57.4 Å². The van der Waals surface area contributed by atoms with Crippen LogP contribution in [0.3, 0.4) is 0 Å². The maximum atomic E-state index is 12.7. The number of benzene rings is 1. The van der Waals surface area contributed by atoms with Crippen molar-refractivity contribution in [3.8, 4) is 0 Å². The van der Waals surface area contributed by atoms with Gasteiger partial charge in [-0.15, -0.1) is 0 Å². The average Bonchev–Trinajstić information content (AvgIpc) is 3.07. The van der Waals surface area contributed by atoms with E-state index in [1.165, 1.54) is 0 Å². The van der Waals surface area contributed by atoms with E-state index < -0.39 is 5.76 Å². The van der Waals surface area contributed by atoms with E-state index in [0.29, 0.717) is 28.8 Å². The smallest absolute Gasteiger partial charge is 0.288 e. The van der Waals surface area contributed by atoms with Crippen LogP contribution in [0.5, 0.6) is 0 Å². The zero-order valence-electron chi connectivity index (χ0n) is 16.9. The quantitative estimate of drug-likeness (QED) is 0.514. The second-order valence-electron chi connectivity index (χ2n) is 7.14. The number of aromatic nitrogens is 3. The number of thioether (sulfide) groups is 1. The molecule has 0 aliphatic rings. The number of halogens is 2. The minimum Gasteiger partial charge on any atom is -0.325 e. The van der Waals surface area contributed by atoms with Crippen LogP contribution in [-0.4, -0.2) is 26.4 Å². The maximum absolute atomic E-state index is 12.7. The molecule has 0 aliphatic heterocycles. The fourth-order valence-electron chi connectivity index (χ4n) is 3.36. The highest BCUT2D eigenvalue weighted by Gasteiger charge is 2.16. The van der Waals surface area contributed by atoms with Crippen molar-refractivity contribution in [1.82, 2.24) is 14.8 Å². The van der Waals surface area contributed by atoms with E-state index in [0.717, 1.165) is 27.9 Å². The van der Waals surface area contributed by atoms with Gasteiger partial charge in [-0.1, -0.05) is 23.9 Å². The molecule has 29 heavy (non-hydrogen) atoms. The van der Waals surface area contributed by atoms with Crippen LogP contribution in [0.1, 0.15) is 43.1 Å². The molecule has 3 rings (SSSR count). The summed E-state index contributed by atoms with van der Waals surface area (Å²) in [5.74, 6) is -2.76. The third kappa shape index (κ3) is 4.75. The molecule has 0 unspecified atom stereocenters. The molecule has 0 bridgehead atoms. The van der Waals surface area contributed by atoms with Gasteiger partial charge in [0.2, 0.25) is 5.91 Å². The molecular weight excluding hydrogens is 394 g/mol. The number of amides is 1. The lowest BCUT2D eigenvalue weighted by molar-refractivity contribution is -0.116. The van der Waals surface area contributed by atoms with Gasteiger partial charge < -0.3 is 5.32 Å². The average molecular weight is 419 g/mol. The SMILES string of the molecule is Cc1nc2c(cnn2C(C)C)c(C)c1CCC(=O)Nc1ccccc1SC(F)F. The van der Waals surface area contributed by atoms with Gasteiger partial charge >= 0.3 is 0 Å². The number of aryl methyl sites for hydroxylation is 2. The first-order valence-electron chi connectivity index (χ1n) is 9.45. The lowest BCUT2D eigenvalue weighted by atomic mass is 10.0. The molecule has 8 heteroatoms. The molecule has 0 fully saturated rings. The summed E-state index contributed by atoms with van der Waals surface area (Å²) in [5, 5.41) is 8.17. The van der Waals surface area contributed by atoms with Crippen LogP contribution < -0.4 is 5.32 Å². The first kappa shape index (κ1) is 21.2. The van der Waals surface area contributed by atoms with Crippen LogP contribution in [0.2, 0.25) is 0 Å². The summed E-state index contributed by atoms with van der Waals surface area (Å²) in [6, 6.07) is 6.80. The number of nitrogens with one attached hydrogen (secondary N) is 1. The zero-order chi connectivity index (χ0) is 21.1. The molecule has 154 valence electrons. The highest BCUT2D eigenvalue weighted by atomic mass is 32.2. The molecule has 0 aliphatic carbocycles. The van der Waals surface area contributed by atoms with E-state index in [2.05, 4.69) is 24.3 Å². The van der Waals surface area contributed by atoms with Crippen LogP contribution in [0.15, 0.2) is 35.4 Å². The summed E-state index contributed by atoms with van der Waals surface area (Å²) in [6.07, 6.45) is 2.57. The Bertz CT molecular complexity index is 1030. The number of carbonyl (C=O) groups is 1. The van der Waals surface area contributed by atoms with Gasteiger partial charge in [0.05, 0.1) is 11.9 Å². The van der Waals surface area contributed by atoms with Gasteiger partial charge in [0.1, 0.15) is 0 Å². The Hall–Kier alpha value is -2.48. The van der Waals surface area contributed by atoms with Crippen LogP contribution in [0.4, 0.5) is 14.5 Å². The topological polar surface area (TPSA) is 59.8 Å². The first-order chi connectivity index (χ1) is 13.8.